The monoisotopic (exact) mass is 554 g/mol. The van der Waals surface area contributed by atoms with E-state index in [4.69, 9.17) is 0 Å². The van der Waals surface area contributed by atoms with Crippen molar-refractivity contribution in [1.82, 2.24) is 29.5 Å². The predicted molar refractivity (Wildman–Crippen MR) is 140 cm³/mol. The molecule has 0 spiro atoms. The highest BCUT2D eigenvalue weighted by molar-refractivity contribution is 7.11. The number of fused-ring (bicyclic) bond motifs is 1. The fraction of sp³-hybridized carbons (Fsp3) is 0.333. The smallest absolute Gasteiger partial charge is 0.335 e. The highest BCUT2D eigenvalue weighted by Gasteiger charge is 2.37. The van der Waals surface area contributed by atoms with E-state index in [9.17, 15) is 22.8 Å². The molecule has 0 atom stereocenters. The van der Waals surface area contributed by atoms with E-state index in [1.807, 2.05) is 21.9 Å². The van der Waals surface area contributed by atoms with E-state index in [-0.39, 0.29) is 17.9 Å². The Bertz CT molecular complexity index is 1490. The summed E-state index contributed by atoms with van der Waals surface area (Å²) < 4.78 is 40.2. The van der Waals surface area contributed by atoms with Gasteiger partial charge in [0.1, 0.15) is 0 Å². The lowest BCUT2D eigenvalue weighted by molar-refractivity contribution is -0.137. The molecule has 12 heteroatoms. The van der Waals surface area contributed by atoms with E-state index in [0.717, 1.165) is 36.1 Å². The van der Waals surface area contributed by atoms with Crippen LogP contribution in [0.5, 0.6) is 0 Å². The van der Waals surface area contributed by atoms with Gasteiger partial charge in [0.15, 0.2) is 5.01 Å². The second-order valence-electron chi connectivity index (χ2n) is 9.80. The van der Waals surface area contributed by atoms with Crippen LogP contribution >= 0.6 is 11.3 Å². The number of carbonyl (C=O) groups excluding carboxylic acids is 2. The number of piperazine rings is 1. The zero-order valence-electron chi connectivity index (χ0n) is 20.8. The highest BCUT2D eigenvalue weighted by atomic mass is 32.1. The molecule has 2 amide bonds. The predicted octanol–water partition coefficient (Wildman–Crippen LogP) is 3.84. The standard InChI is InChI=1S/C27H25F3N6O2S/c28-27(29,30)21-4-1-18(2-5-21)15-36-23-6-3-19(13-20(23)14-32-36)25(37)35-16-22(17-35)33-8-10-34(11-9-33)26(38)24-31-7-12-39-24/h1-7,12-14,22H,8-11,15-17H2. The first-order valence-corrected chi connectivity index (χ1v) is 13.5. The number of hydrogen-bond acceptors (Lipinski definition) is 6. The summed E-state index contributed by atoms with van der Waals surface area (Å²) in [6.45, 7) is 4.45. The minimum Gasteiger partial charge on any atom is -0.335 e. The lowest BCUT2D eigenvalue weighted by Gasteiger charge is -2.48. The van der Waals surface area contributed by atoms with Crippen molar-refractivity contribution in [1.29, 1.82) is 0 Å². The minimum absolute atomic E-state index is 0.0202. The molecule has 2 aliphatic heterocycles. The van der Waals surface area contributed by atoms with Gasteiger partial charge in [-0.25, -0.2) is 4.98 Å². The first-order valence-electron chi connectivity index (χ1n) is 12.6. The quantitative estimate of drug-likeness (QED) is 0.375. The molecule has 0 unspecified atom stereocenters. The van der Waals surface area contributed by atoms with Gasteiger partial charge in [0.25, 0.3) is 11.8 Å². The molecule has 0 aliphatic carbocycles. The summed E-state index contributed by atoms with van der Waals surface area (Å²) in [7, 11) is 0. The molecule has 4 aromatic rings. The second-order valence-corrected chi connectivity index (χ2v) is 10.7. The number of halogens is 3. The Morgan fingerprint density at radius 3 is 2.36 bits per heavy atom. The number of alkyl halides is 3. The fourth-order valence-electron chi connectivity index (χ4n) is 5.11. The van der Waals surface area contributed by atoms with E-state index in [1.165, 1.54) is 23.5 Å². The van der Waals surface area contributed by atoms with Gasteiger partial charge in [-0.2, -0.15) is 18.3 Å². The summed E-state index contributed by atoms with van der Waals surface area (Å²) in [4.78, 5) is 35.7. The lowest BCUT2D eigenvalue weighted by atomic mass is 10.0. The highest BCUT2D eigenvalue weighted by Crippen LogP contribution is 2.29. The average Bonchev–Trinajstić information content (AvgIpc) is 3.58. The molecular weight excluding hydrogens is 529 g/mol. The van der Waals surface area contributed by atoms with Gasteiger partial charge in [0.05, 0.1) is 23.8 Å². The molecule has 0 N–H and O–H groups in total. The summed E-state index contributed by atoms with van der Waals surface area (Å²) in [5, 5.41) is 7.50. The Balaban J connectivity index is 1.03. The van der Waals surface area contributed by atoms with Crippen molar-refractivity contribution in [3.8, 4) is 0 Å². The third-order valence-corrected chi connectivity index (χ3v) is 8.15. The summed E-state index contributed by atoms with van der Waals surface area (Å²) in [5.41, 5.74) is 1.40. The molecule has 0 saturated carbocycles. The Morgan fingerprint density at radius 2 is 1.69 bits per heavy atom. The number of rotatable bonds is 5. The lowest BCUT2D eigenvalue weighted by Crippen LogP contribution is -2.64. The molecule has 2 aromatic carbocycles. The van der Waals surface area contributed by atoms with Crippen molar-refractivity contribution in [2.24, 2.45) is 0 Å². The first-order chi connectivity index (χ1) is 18.8. The normalized spacial score (nSPS) is 17.0. The van der Waals surface area contributed by atoms with Gasteiger partial charge in [-0.1, -0.05) is 12.1 Å². The van der Waals surface area contributed by atoms with Crippen LogP contribution in [-0.4, -0.2) is 86.6 Å². The average molecular weight is 555 g/mol. The molecule has 2 saturated heterocycles. The van der Waals surface area contributed by atoms with Crippen molar-refractivity contribution < 1.29 is 22.8 Å². The second kappa shape index (κ2) is 10.1. The molecular formula is C27H25F3N6O2S. The van der Waals surface area contributed by atoms with Gasteiger partial charge in [-0.05, 0) is 35.9 Å². The van der Waals surface area contributed by atoms with Crippen LogP contribution in [0.2, 0.25) is 0 Å². The third kappa shape index (κ3) is 5.13. The van der Waals surface area contributed by atoms with Crippen molar-refractivity contribution in [3.05, 3.63) is 81.9 Å². The molecule has 6 rings (SSSR count). The van der Waals surface area contributed by atoms with Crippen molar-refractivity contribution in [2.75, 3.05) is 39.3 Å². The summed E-state index contributed by atoms with van der Waals surface area (Å²) in [6.07, 6.45) is -1.06. The molecule has 2 aromatic heterocycles. The maximum absolute atomic E-state index is 13.1. The van der Waals surface area contributed by atoms with Gasteiger partial charge < -0.3 is 9.80 Å². The molecule has 202 valence electrons. The van der Waals surface area contributed by atoms with Gasteiger partial charge in [0.2, 0.25) is 0 Å². The number of aromatic nitrogens is 3. The largest absolute Gasteiger partial charge is 0.416 e. The maximum atomic E-state index is 13.1. The first kappa shape index (κ1) is 25.5. The van der Waals surface area contributed by atoms with Crippen LogP contribution in [0, 0.1) is 0 Å². The number of carbonyl (C=O) groups is 2. The van der Waals surface area contributed by atoms with Crippen LogP contribution in [0.25, 0.3) is 10.9 Å². The van der Waals surface area contributed by atoms with E-state index in [0.29, 0.717) is 48.9 Å². The summed E-state index contributed by atoms with van der Waals surface area (Å²) in [6, 6.07) is 10.7. The zero-order chi connectivity index (χ0) is 27.1. The molecule has 2 fully saturated rings. The van der Waals surface area contributed by atoms with Crippen LogP contribution in [-0.2, 0) is 12.7 Å². The van der Waals surface area contributed by atoms with Crippen LogP contribution in [0.1, 0.15) is 31.3 Å². The van der Waals surface area contributed by atoms with Gasteiger partial charge in [-0.15, -0.1) is 11.3 Å². The van der Waals surface area contributed by atoms with Crippen LogP contribution in [0.4, 0.5) is 13.2 Å². The number of amides is 2. The number of hydrogen-bond donors (Lipinski definition) is 0. The molecule has 39 heavy (non-hydrogen) atoms. The van der Waals surface area contributed by atoms with Crippen LogP contribution in [0.15, 0.2) is 60.2 Å². The van der Waals surface area contributed by atoms with Crippen molar-refractivity contribution in [2.45, 2.75) is 18.8 Å². The van der Waals surface area contributed by atoms with Gasteiger partial charge in [-0.3, -0.25) is 19.2 Å². The van der Waals surface area contributed by atoms with Gasteiger partial charge >= 0.3 is 6.18 Å². The topological polar surface area (TPSA) is 74.6 Å². The molecule has 0 radical (unpaired) electrons. The number of nitrogens with zero attached hydrogens (tertiary/aromatic N) is 6. The fourth-order valence-corrected chi connectivity index (χ4v) is 5.71. The van der Waals surface area contributed by atoms with Crippen LogP contribution in [0.3, 0.4) is 0 Å². The van der Waals surface area contributed by atoms with Crippen molar-refractivity contribution >= 4 is 34.1 Å². The molecule has 0 bridgehead atoms. The minimum atomic E-state index is -4.37. The Labute approximate surface area is 226 Å². The van der Waals surface area contributed by atoms with E-state index < -0.39 is 11.7 Å². The number of thiazole rings is 1. The van der Waals surface area contributed by atoms with E-state index >= 15 is 0 Å². The van der Waals surface area contributed by atoms with E-state index in [1.54, 1.807) is 28.5 Å². The molecule has 8 nitrogen and oxygen atoms in total. The molecule has 2 aliphatic rings. The summed E-state index contributed by atoms with van der Waals surface area (Å²) >= 11 is 1.35. The SMILES string of the molecule is O=C(c1ccc2c(cnn2Cc2ccc(C(F)(F)F)cc2)c1)N1CC(N2CCN(C(=O)c3nccs3)CC2)C1. The number of benzene rings is 2. The van der Waals surface area contributed by atoms with Crippen molar-refractivity contribution in [3.63, 3.8) is 0 Å². The van der Waals surface area contributed by atoms with E-state index in [2.05, 4.69) is 15.0 Å². The van der Waals surface area contributed by atoms with Crippen LogP contribution < -0.4 is 0 Å². The zero-order valence-corrected chi connectivity index (χ0v) is 21.7. The Kier molecular flexibility index (Phi) is 6.59. The third-order valence-electron chi connectivity index (χ3n) is 7.39. The molecule has 4 heterocycles. The maximum Gasteiger partial charge on any atom is 0.416 e. The number of likely N-dealkylation sites (tertiary alicyclic amines) is 1. The Morgan fingerprint density at radius 1 is 0.949 bits per heavy atom. The Hall–Kier alpha value is -3.77. The van der Waals surface area contributed by atoms with Gasteiger partial charge in [0, 0.05) is 67.8 Å². The summed E-state index contributed by atoms with van der Waals surface area (Å²) in [5.74, 6) is -0.0608.